The van der Waals surface area contributed by atoms with Gasteiger partial charge in [-0.15, -0.1) is 0 Å². The first-order chi connectivity index (χ1) is 3.00. The maximum absolute atomic E-state index is 2.35. The maximum Gasteiger partial charge on any atom is -0.00467 e. The van der Waals surface area contributed by atoms with E-state index in [4.69, 9.17) is 0 Å². The molecule has 0 aliphatic carbocycles. The molecule has 0 aromatic carbocycles. The fourth-order valence-corrected chi connectivity index (χ4v) is 6.93. The normalized spacial score (nSPS) is 8.00. The van der Waals surface area contributed by atoms with Crippen molar-refractivity contribution in [3.8, 4) is 0 Å². The van der Waals surface area contributed by atoms with E-state index in [-0.39, 0.29) is 0 Å². The molecule has 0 amide bonds. The quantitative estimate of drug-likeness (QED) is 0.387. The lowest BCUT2D eigenvalue weighted by Gasteiger charge is -1.68. The highest BCUT2D eigenvalue weighted by molar-refractivity contribution is 7.02. The summed E-state index contributed by atoms with van der Waals surface area (Å²) in [5.41, 5.74) is 4.71. The predicted octanol–water partition coefficient (Wildman–Crippen LogP) is -1.10. The second-order valence-electron chi connectivity index (χ2n) is 1.15. The van der Waals surface area contributed by atoms with E-state index in [1.165, 1.54) is 0 Å². The molecule has 0 aliphatic heterocycles. The second kappa shape index (κ2) is 2.44. The number of rotatable bonds is 0. The van der Waals surface area contributed by atoms with Gasteiger partial charge in [0.05, 0.1) is 0 Å². The van der Waals surface area contributed by atoms with E-state index < -0.39 is 0 Å². The van der Waals surface area contributed by atoms with Crippen LogP contribution in [0.25, 0.3) is 0 Å². The fourth-order valence-electron chi connectivity index (χ4n) is 0.385. The highest BCUT2D eigenvalue weighted by Crippen LogP contribution is 1.60. The molecule has 1 aromatic rings. The van der Waals surface area contributed by atoms with Gasteiger partial charge in [0.25, 0.3) is 0 Å². The first-order valence-corrected chi connectivity index (χ1v) is 8.67. The Labute approximate surface area is 43.4 Å². The molecule has 0 atom stereocenters. The van der Waals surface area contributed by atoms with Crippen molar-refractivity contribution < 1.29 is 0 Å². The summed E-state index contributed by atoms with van der Waals surface area (Å²) in [5.74, 6) is 0. The topological polar surface area (TPSA) is 0 Å². The van der Waals surface area contributed by atoms with Crippen molar-refractivity contribution in [2.75, 3.05) is 0 Å². The molecule has 0 N–H and O–H groups in total. The highest BCUT2D eigenvalue weighted by atomic mass is 29.3. The third-order valence-electron chi connectivity index (χ3n) is 0.667. The van der Waals surface area contributed by atoms with E-state index in [1.807, 2.05) is 0 Å². The van der Waals surface area contributed by atoms with Gasteiger partial charge in [-0.3, -0.25) is 0 Å². The average molecular weight is 126 g/mol. The van der Waals surface area contributed by atoms with Gasteiger partial charge in [-0.2, -0.15) is 0 Å². The van der Waals surface area contributed by atoms with E-state index in [2.05, 4.69) is 17.4 Å². The smallest absolute Gasteiger partial charge is 0.00467 e. The maximum atomic E-state index is 2.35. The van der Waals surface area contributed by atoms with E-state index in [1.54, 1.807) is 0 Å². The lowest BCUT2D eigenvalue weighted by atomic mass is 10.8. The largest absolute Gasteiger partial charge is 0.0856 e. The first kappa shape index (κ1) is 4.42. The number of hydrogen-bond acceptors (Lipinski definition) is 0. The van der Waals surface area contributed by atoms with Crippen molar-refractivity contribution >= 4 is 25.4 Å². The van der Waals surface area contributed by atoms with Gasteiger partial charge < -0.3 is 0 Å². The van der Waals surface area contributed by atoms with Gasteiger partial charge in [-0.1, -0.05) is 17.4 Å². The summed E-state index contributed by atoms with van der Waals surface area (Å²) in [5, 5.41) is 0. The van der Waals surface area contributed by atoms with Crippen LogP contribution < -0.4 is 0 Å². The van der Waals surface area contributed by atoms with Crippen LogP contribution in [0.1, 0.15) is 0 Å². The standard InChI is InChI=1S/C3H6Si3/c1-2-4-6-5-3-1/h1-6H. The Morgan fingerprint density at radius 1 is 1.00 bits per heavy atom. The minimum Gasteiger partial charge on any atom is -0.0856 e. The van der Waals surface area contributed by atoms with E-state index >= 15 is 0 Å². The van der Waals surface area contributed by atoms with Gasteiger partial charge in [-0.05, 0) is 25.4 Å². The molecular weight excluding hydrogens is 120 g/mol. The van der Waals surface area contributed by atoms with Gasteiger partial charge in [0, 0.05) is 0 Å². The molecule has 1 rings (SSSR count). The summed E-state index contributed by atoms with van der Waals surface area (Å²) in [6.07, 6.45) is 0. The average Bonchev–Trinajstić information content (AvgIpc) is 1.72. The second-order valence-corrected chi connectivity index (χ2v) is 10.0. The summed E-state index contributed by atoms with van der Waals surface area (Å²) in [4.78, 5) is 0. The van der Waals surface area contributed by atoms with Crippen LogP contribution in [0.2, 0.25) is 0 Å². The van der Waals surface area contributed by atoms with E-state index in [0.29, 0.717) is 0 Å². The van der Waals surface area contributed by atoms with Gasteiger partial charge >= 0.3 is 0 Å². The van der Waals surface area contributed by atoms with Crippen LogP contribution in [-0.2, 0) is 0 Å². The molecule has 0 bridgehead atoms. The third-order valence-corrected chi connectivity index (χ3v) is 8.67. The molecule has 0 saturated carbocycles. The Balaban J connectivity index is 3.00. The van der Waals surface area contributed by atoms with Gasteiger partial charge in [-0.25, -0.2) is 0 Å². The van der Waals surface area contributed by atoms with Gasteiger partial charge in [0.2, 0.25) is 0 Å². The lowest BCUT2D eigenvalue weighted by Crippen LogP contribution is -1.82. The summed E-state index contributed by atoms with van der Waals surface area (Å²) >= 11 is 0. The van der Waals surface area contributed by atoms with Crippen molar-refractivity contribution in [1.29, 1.82) is 0 Å². The van der Waals surface area contributed by atoms with Crippen LogP contribution in [0, 0.1) is 0 Å². The monoisotopic (exact) mass is 126 g/mol. The molecule has 1 heterocycles. The highest BCUT2D eigenvalue weighted by Gasteiger charge is 1.59. The SMILES string of the molecule is c1c[siH][siH][siH]c1. The van der Waals surface area contributed by atoms with Crippen LogP contribution >= 0.6 is 0 Å². The minimum atomic E-state index is 0.814. The Morgan fingerprint density at radius 3 is 1.83 bits per heavy atom. The van der Waals surface area contributed by atoms with Crippen LogP contribution in [0.3, 0.4) is 0 Å². The predicted molar refractivity (Wildman–Crippen MR) is 34.7 cm³/mol. The lowest BCUT2D eigenvalue weighted by molar-refractivity contribution is 2.09. The van der Waals surface area contributed by atoms with Crippen LogP contribution in [0.4, 0.5) is 0 Å². The summed E-state index contributed by atoms with van der Waals surface area (Å²) in [6, 6.07) is 2.24. The zero-order valence-corrected chi connectivity index (χ0v) is 6.93. The molecule has 0 nitrogen and oxygen atoms in total. The van der Waals surface area contributed by atoms with Crippen LogP contribution in [-0.4, -0.2) is 25.4 Å². The first-order valence-electron chi connectivity index (χ1n) is 2.00. The molecular formula is C3H6Si3. The van der Waals surface area contributed by atoms with Crippen molar-refractivity contribution in [3.05, 3.63) is 17.4 Å². The molecule has 6 heavy (non-hydrogen) atoms. The zero-order valence-electron chi connectivity index (χ0n) is 3.46. The molecule has 0 saturated heterocycles. The Morgan fingerprint density at radius 2 is 1.67 bits per heavy atom. The number of hydrogen-bond donors (Lipinski definition) is 0. The summed E-state index contributed by atoms with van der Waals surface area (Å²) in [6.45, 7) is 0. The summed E-state index contributed by atoms with van der Waals surface area (Å²) in [7, 11) is 2.56. The third kappa shape index (κ3) is 1.16. The molecule has 0 spiro atoms. The van der Waals surface area contributed by atoms with Crippen molar-refractivity contribution in [3.63, 3.8) is 0 Å². The molecule has 0 unspecified atom stereocenters. The van der Waals surface area contributed by atoms with Crippen LogP contribution in [0.15, 0.2) is 17.4 Å². The zero-order chi connectivity index (χ0) is 4.24. The van der Waals surface area contributed by atoms with E-state index in [0.717, 1.165) is 25.4 Å². The Hall–Kier alpha value is 0.261. The van der Waals surface area contributed by atoms with Crippen molar-refractivity contribution in [2.24, 2.45) is 0 Å². The minimum absolute atomic E-state index is 0.814. The van der Waals surface area contributed by atoms with Gasteiger partial charge in [0.15, 0.2) is 0 Å². The van der Waals surface area contributed by atoms with Crippen molar-refractivity contribution in [2.45, 2.75) is 0 Å². The molecule has 30 valence electrons. The van der Waals surface area contributed by atoms with E-state index in [9.17, 15) is 0 Å². The van der Waals surface area contributed by atoms with Gasteiger partial charge in [0.1, 0.15) is 0 Å². The molecule has 3 heteroatoms. The Kier molecular flexibility index (Phi) is 1.79. The van der Waals surface area contributed by atoms with Crippen LogP contribution in [0.5, 0.6) is 0 Å². The van der Waals surface area contributed by atoms with Crippen molar-refractivity contribution in [1.82, 2.24) is 0 Å². The fraction of sp³-hybridized carbons (Fsp3) is 0. The molecule has 0 radical (unpaired) electrons. The Bertz CT molecular complexity index is 78.0. The molecule has 0 fully saturated rings. The molecule has 1 aromatic heterocycles. The summed E-state index contributed by atoms with van der Waals surface area (Å²) < 4.78 is 0. The molecule has 0 aliphatic rings.